The van der Waals surface area contributed by atoms with Gasteiger partial charge in [0.1, 0.15) is 18.4 Å². The number of ether oxygens (including phenoxy) is 4. The first-order chi connectivity index (χ1) is 17.0. The SMILES string of the molecule is COC(=O)[C@H]1N[C@@H](c2ccc3ccccc3c2)[C@H]2C(=O)CO[C@H](OC(=O)COc3ccccc3)[C@H]21. The minimum absolute atomic E-state index is 0.167. The van der Waals surface area contributed by atoms with Gasteiger partial charge in [-0.05, 0) is 34.5 Å². The maximum absolute atomic E-state index is 13.0. The average molecular weight is 475 g/mol. The highest BCUT2D eigenvalue weighted by molar-refractivity contribution is 5.88. The van der Waals surface area contributed by atoms with Gasteiger partial charge in [0.15, 0.2) is 12.4 Å². The Balaban J connectivity index is 1.39. The molecule has 0 aliphatic carbocycles. The van der Waals surface area contributed by atoms with Gasteiger partial charge in [0, 0.05) is 6.04 Å². The van der Waals surface area contributed by atoms with Crippen molar-refractivity contribution in [1.29, 1.82) is 0 Å². The Hall–Kier alpha value is -3.75. The topological polar surface area (TPSA) is 100 Å². The van der Waals surface area contributed by atoms with E-state index in [0.717, 1.165) is 16.3 Å². The minimum atomic E-state index is -1.10. The monoisotopic (exact) mass is 475 g/mol. The number of para-hydroxylation sites is 1. The normalized spacial score (nSPS) is 25.6. The summed E-state index contributed by atoms with van der Waals surface area (Å²) in [5.74, 6) is -2.25. The molecule has 2 aliphatic rings. The van der Waals surface area contributed by atoms with Crippen LogP contribution in [0.1, 0.15) is 11.6 Å². The lowest BCUT2D eigenvalue weighted by atomic mass is 9.79. The number of Topliss-reactive ketones (excluding diaryl/α,β-unsaturated/α-hetero) is 1. The van der Waals surface area contributed by atoms with Crippen LogP contribution in [-0.4, -0.2) is 50.4 Å². The lowest BCUT2D eigenvalue weighted by Crippen LogP contribution is -2.50. The molecule has 180 valence electrons. The third kappa shape index (κ3) is 4.62. The Bertz CT molecular complexity index is 1240. The molecule has 0 saturated carbocycles. The first-order valence-corrected chi connectivity index (χ1v) is 11.4. The van der Waals surface area contributed by atoms with Crippen molar-refractivity contribution in [1.82, 2.24) is 5.32 Å². The van der Waals surface area contributed by atoms with Crippen LogP contribution in [0.5, 0.6) is 5.75 Å². The largest absolute Gasteiger partial charge is 0.482 e. The van der Waals surface area contributed by atoms with Crippen LogP contribution in [0.3, 0.4) is 0 Å². The second-order valence-corrected chi connectivity index (χ2v) is 8.59. The third-order valence-corrected chi connectivity index (χ3v) is 6.53. The average Bonchev–Trinajstić information content (AvgIpc) is 3.31. The lowest BCUT2D eigenvalue weighted by Gasteiger charge is -2.34. The Labute approximate surface area is 202 Å². The maximum Gasteiger partial charge on any atom is 0.346 e. The number of methoxy groups -OCH3 is 1. The van der Waals surface area contributed by atoms with E-state index in [1.54, 1.807) is 24.3 Å². The summed E-state index contributed by atoms with van der Waals surface area (Å²) in [7, 11) is 1.28. The summed E-state index contributed by atoms with van der Waals surface area (Å²) in [6.45, 7) is -0.558. The van der Waals surface area contributed by atoms with Crippen LogP contribution in [0.25, 0.3) is 10.8 Å². The van der Waals surface area contributed by atoms with Gasteiger partial charge in [-0.15, -0.1) is 0 Å². The number of fused-ring (bicyclic) bond motifs is 2. The molecule has 2 heterocycles. The molecule has 0 bridgehead atoms. The van der Waals surface area contributed by atoms with Crippen LogP contribution in [0.2, 0.25) is 0 Å². The molecular formula is C27H25NO7. The van der Waals surface area contributed by atoms with Gasteiger partial charge in [0.25, 0.3) is 0 Å². The molecule has 0 unspecified atom stereocenters. The molecule has 35 heavy (non-hydrogen) atoms. The van der Waals surface area contributed by atoms with Gasteiger partial charge in [-0.2, -0.15) is 0 Å². The van der Waals surface area contributed by atoms with Crippen LogP contribution in [0, 0.1) is 11.8 Å². The number of hydrogen-bond donors (Lipinski definition) is 1. The smallest absolute Gasteiger partial charge is 0.346 e. The standard InChI is InChI=1S/C27H25NO7/c1-32-26(31)25-23-22(24(28-25)18-12-11-16-7-5-6-8-17(16)13-18)20(29)14-34-27(23)35-21(30)15-33-19-9-3-2-4-10-19/h2-13,22-25,27-28H,14-15H2,1H3/t22-,23+,24-,25-,27+/m0/s1. The van der Waals surface area contributed by atoms with Crippen molar-refractivity contribution in [2.75, 3.05) is 20.3 Å². The summed E-state index contributed by atoms with van der Waals surface area (Å²) in [6, 6.07) is 21.3. The van der Waals surface area contributed by atoms with E-state index < -0.39 is 42.1 Å². The fourth-order valence-corrected chi connectivity index (χ4v) is 4.93. The minimum Gasteiger partial charge on any atom is -0.482 e. The molecular weight excluding hydrogens is 450 g/mol. The predicted octanol–water partition coefficient (Wildman–Crippen LogP) is 2.81. The van der Waals surface area contributed by atoms with Crippen molar-refractivity contribution in [3.8, 4) is 5.75 Å². The van der Waals surface area contributed by atoms with Crippen molar-refractivity contribution < 1.29 is 33.3 Å². The van der Waals surface area contributed by atoms with Crippen LogP contribution in [0.15, 0.2) is 72.8 Å². The zero-order valence-electron chi connectivity index (χ0n) is 19.1. The van der Waals surface area contributed by atoms with Crippen LogP contribution >= 0.6 is 0 Å². The predicted molar refractivity (Wildman–Crippen MR) is 125 cm³/mol. The molecule has 0 amide bonds. The first kappa shape index (κ1) is 23.0. The summed E-state index contributed by atoms with van der Waals surface area (Å²) in [4.78, 5) is 38.3. The maximum atomic E-state index is 13.0. The fourth-order valence-electron chi connectivity index (χ4n) is 4.93. The Morgan fingerprint density at radius 1 is 1.00 bits per heavy atom. The zero-order chi connectivity index (χ0) is 24.4. The van der Waals surface area contributed by atoms with Gasteiger partial charge in [-0.3, -0.25) is 14.9 Å². The quantitative estimate of drug-likeness (QED) is 0.544. The van der Waals surface area contributed by atoms with Crippen molar-refractivity contribution >= 4 is 28.5 Å². The number of benzene rings is 3. The highest BCUT2D eigenvalue weighted by Gasteiger charge is 2.57. The van der Waals surface area contributed by atoms with Crippen molar-refractivity contribution in [3.05, 3.63) is 78.4 Å². The molecule has 3 aromatic rings. The Kier molecular flexibility index (Phi) is 6.48. The molecule has 0 aromatic heterocycles. The van der Waals surface area contributed by atoms with Gasteiger partial charge in [0.05, 0.1) is 18.9 Å². The molecule has 0 spiro atoms. The Morgan fingerprint density at radius 2 is 1.74 bits per heavy atom. The molecule has 3 aromatic carbocycles. The van der Waals surface area contributed by atoms with Crippen LogP contribution < -0.4 is 10.1 Å². The molecule has 2 saturated heterocycles. The fraction of sp³-hybridized carbons (Fsp3) is 0.296. The van der Waals surface area contributed by atoms with Crippen molar-refractivity contribution in [2.24, 2.45) is 11.8 Å². The third-order valence-electron chi connectivity index (χ3n) is 6.53. The molecule has 5 atom stereocenters. The van der Waals surface area contributed by atoms with Crippen molar-refractivity contribution in [3.63, 3.8) is 0 Å². The summed E-state index contributed by atoms with van der Waals surface area (Å²) < 4.78 is 21.6. The zero-order valence-corrected chi connectivity index (χ0v) is 19.1. The van der Waals surface area contributed by atoms with E-state index in [0.29, 0.717) is 5.75 Å². The summed E-state index contributed by atoms with van der Waals surface area (Å²) >= 11 is 0. The molecule has 1 N–H and O–H groups in total. The number of esters is 2. The molecule has 5 rings (SSSR count). The van der Waals surface area contributed by atoms with E-state index in [9.17, 15) is 14.4 Å². The van der Waals surface area contributed by atoms with Gasteiger partial charge < -0.3 is 18.9 Å². The van der Waals surface area contributed by atoms with E-state index >= 15 is 0 Å². The van der Waals surface area contributed by atoms with E-state index in [1.807, 2.05) is 48.5 Å². The molecule has 2 fully saturated rings. The van der Waals surface area contributed by atoms with E-state index in [2.05, 4.69) is 5.32 Å². The number of hydrogen-bond acceptors (Lipinski definition) is 8. The highest BCUT2D eigenvalue weighted by Crippen LogP contribution is 2.44. The lowest BCUT2D eigenvalue weighted by molar-refractivity contribution is -0.212. The summed E-state index contributed by atoms with van der Waals surface area (Å²) in [5.41, 5.74) is 0.859. The second kappa shape index (κ2) is 9.85. The van der Waals surface area contributed by atoms with Crippen LogP contribution in [0.4, 0.5) is 0 Å². The van der Waals surface area contributed by atoms with E-state index in [4.69, 9.17) is 18.9 Å². The summed E-state index contributed by atoms with van der Waals surface area (Å²) in [5, 5.41) is 5.35. The van der Waals surface area contributed by atoms with Gasteiger partial charge >= 0.3 is 11.9 Å². The van der Waals surface area contributed by atoms with Gasteiger partial charge in [0.2, 0.25) is 6.29 Å². The van der Waals surface area contributed by atoms with Crippen molar-refractivity contribution in [2.45, 2.75) is 18.4 Å². The molecule has 8 heteroatoms. The number of carbonyl (C=O) groups is 3. The number of rotatable bonds is 6. The van der Waals surface area contributed by atoms with Gasteiger partial charge in [-0.1, -0.05) is 54.6 Å². The first-order valence-electron chi connectivity index (χ1n) is 11.4. The van der Waals surface area contributed by atoms with Gasteiger partial charge in [-0.25, -0.2) is 4.79 Å². The molecule has 8 nitrogen and oxygen atoms in total. The van der Waals surface area contributed by atoms with Crippen LogP contribution in [-0.2, 0) is 28.6 Å². The molecule has 2 aliphatic heterocycles. The number of carbonyl (C=O) groups excluding carboxylic acids is 3. The molecule has 0 radical (unpaired) electrons. The number of nitrogens with one attached hydrogen (secondary N) is 1. The van der Waals surface area contributed by atoms with E-state index in [-0.39, 0.29) is 19.0 Å². The second-order valence-electron chi connectivity index (χ2n) is 8.59. The highest BCUT2D eigenvalue weighted by atomic mass is 16.7. The summed E-state index contributed by atoms with van der Waals surface area (Å²) in [6.07, 6.45) is -1.10. The Morgan fingerprint density at radius 3 is 2.51 bits per heavy atom. The van der Waals surface area contributed by atoms with E-state index in [1.165, 1.54) is 7.11 Å². The number of ketones is 1.